The zero-order valence-corrected chi connectivity index (χ0v) is 27.2. The number of hydrogen-bond donors (Lipinski definition) is 0. The van der Waals surface area contributed by atoms with Crippen molar-refractivity contribution >= 4 is 52.0 Å². The number of hydrogen-bond acceptors (Lipinski definition) is 9. The molecular weight excluding hydrogens is 636 g/mol. The first-order valence-electron chi connectivity index (χ1n) is 16.1. The van der Waals surface area contributed by atoms with Gasteiger partial charge in [-0.15, -0.1) is 0 Å². The zero-order chi connectivity index (χ0) is 35.9. The van der Waals surface area contributed by atoms with Crippen LogP contribution in [-0.2, 0) is 9.59 Å². The summed E-state index contributed by atoms with van der Waals surface area (Å²) in [7, 11) is 0. The molecule has 2 unspecified atom stereocenters. The molecule has 0 spiro atoms. The fraction of sp³-hybridized carbons (Fsp3) is 0.195. The van der Waals surface area contributed by atoms with E-state index in [-0.39, 0.29) is 70.6 Å². The van der Waals surface area contributed by atoms with Crippen LogP contribution in [0.2, 0.25) is 0 Å². The van der Waals surface area contributed by atoms with E-state index in [9.17, 15) is 43.2 Å². The average Bonchev–Trinajstić information content (AvgIpc) is 3.52. The molecule has 0 aromatic heterocycles. The van der Waals surface area contributed by atoms with Crippen LogP contribution in [-0.4, -0.2) is 52.0 Å². The molecule has 0 heterocycles. The predicted octanol–water partition coefficient (Wildman–Crippen LogP) is 5.99. The largest absolute Gasteiger partial charge is 0.298 e. The van der Waals surface area contributed by atoms with Crippen LogP contribution in [0, 0.1) is 25.7 Å². The van der Waals surface area contributed by atoms with E-state index in [0.29, 0.717) is 11.1 Å². The second-order valence-corrected chi connectivity index (χ2v) is 12.6. The van der Waals surface area contributed by atoms with E-state index < -0.39 is 52.3 Å². The van der Waals surface area contributed by atoms with E-state index in [2.05, 4.69) is 0 Å². The quantitative estimate of drug-likeness (QED) is 0.131. The Morgan fingerprint density at radius 1 is 0.460 bits per heavy atom. The van der Waals surface area contributed by atoms with Gasteiger partial charge in [0.1, 0.15) is 11.8 Å². The van der Waals surface area contributed by atoms with Crippen LogP contribution >= 0.6 is 0 Å². The lowest BCUT2D eigenvalue weighted by atomic mass is 9.93. The SMILES string of the molecule is Cc1ccccc1C(=O)CCC(=O)C1C(=O)c2ccc(C(=O)c3ccc4c(c3)C(=O)C(C(=O)CCC(=O)c3ccccc3C)C4=O)cc2C1=O. The molecule has 248 valence electrons. The number of fused-ring (bicyclic) bond motifs is 2. The van der Waals surface area contributed by atoms with E-state index in [1.165, 1.54) is 36.4 Å². The van der Waals surface area contributed by atoms with Gasteiger partial charge in [-0.2, -0.15) is 0 Å². The summed E-state index contributed by atoms with van der Waals surface area (Å²) < 4.78 is 0. The van der Waals surface area contributed by atoms with E-state index in [4.69, 9.17) is 0 Å². The minimum absolute atomic E-state index is 0.00629. The standard InChI is InChI=1S/C41H30O9/c1-21-7-3-5-9-25(21)31(42)15-17-33(44)35-38(47)27-13-11-23(19-29(27)40(35)49)37(46)24-12-14-28-30(20-24)41(50)36(39(28)48)34(45)18-16-32(43)26-10-6-4-8-22(26)2/h3-14,19-20,35-36H,15-18H2,1-2H3. The lowest BCUT2D eigenvalue weighted by molar-refractivity contribution is -0.121. The molecule has 0 fully saturated rings. The molecule has 0 amide bonds. The third-order valence-corrected chi connectivity index (χ3v) is 9.41. The van der Waals surface area contributed by atoms with Crippen molar-refractivity contribution in [2.45, 2.75) is 39.5 Å². The molecule has 2 atom stereocenters. The van der Waals surface area contributed by atoms with Crippen LogP contribution in [0.25, 0.3) is 0 Å². The molecule has 0 aliphatic heterocycles. The van der Waals surface area contributed by atoms with E-state index >= 15 is 0 Å². The summed E-state index contributed by atoms with van der Waals surface area (Å²) in [4.78, 5) is 118. The molecule has 0 radical (unpaired) electrons. The topological polar surface area (TPSA) is 154 Å². The van der Waals surface area contributed by atoms with Gasteiger partial charge in [0, 0.05) is 70.2 Å². The maximum absolute atomic E-state index is 13.5. The molecule has 2 aliphatic carbocycles. The maximum atomic E-state index is 13.5. The Bertz CT molecular complexity index is 2070. The van der Waals surface area contributed by atoms with Crippen LogP contribution in [0.15, 0.2) is 84.9 Å². The Kier molecular flexibility index (Phi) is 9.08. The molecule has 9 nitrogen and oxygen atoms in total. The number of rotatable bonds is 12. The molecule has 0 bridgehead atoms. The smallest absolute Gasteiger partial charge is 0.193 e. The Labute approximate surface area is 286 Å². The maximum Gasteiger partial charge on any atom is 0.193 e. The molecule has 50 heavy (non-hydrogen) atoms. The first-order chi connectivity index (χ1) is 23.9. The second kappa shape index (κ2) is 13.4. The van der Waals surface area contributed by atoms with Gasteiger partial charge in [-0.25, -0.2) is 0 Å². The molecule has 0 N–H and O–H groups in total. The first kappa shape index (κ1) is 33.8. The van der Waals surface area contributed by atoms with Crippen molar-refractivity contribution in [2.24, 2.45) is 11.8 Å². The predicted molar refractivity (Wildman–Crippen MR) is 180 cm³/mol. The van der Waals surface area contributed by atoms with Gasteiger partial charge in [0.25, 0.3) is 0 Å². The Hall–Kier alpha value is -6.09. The zero-order valence-electron chi connectivity index (χ0n) is 27.2. The highest BCUT2D eigenvalue weighted by atomic mass is 16.2. The summed E-state index contributed by atoms with van der Waals surface area (Å²) in [6.07, 6.45) is -0.941. The summed E-state index contributed by atoms with van der Waals surface area (Å²) in [6, 6.07) is 21.5. The third kappa shape index (κ3) is 6.02. The van der Waals surface area contributed by atoms with Crippen molar-refractivity contribution in [1.82, 2.24) is 0 Å². The van der Waals surface area contributed by atoms with E-state index in [1.54, 1.807) is 62.4 Å². The monoisotopic (exact) mass is 666 g/mol. The lowest BCUT2D eigenvalue weighted by Gasteiger charge is -2.07. The molecule has 9 heteroatoms. The summed E-state index contributed by atoms with van der Waals surface area (Å²) in [5, 5.41) is 0. The van der Waals surface area contributed by atoms with Crippen LogP contribution in [0.3, 0.4) is 0 Å². The van der Waals surface area contributed by atoms with Crippen LogP contribution in [0.5, 0.6) is 0 Å². The van der Waals surface area contributed by atoms with Gasteiger partial charge >= 0.3 is 0 Å². The summed E-state index contributed by atoms with van der Waals surface area (Å²) in [6.45, 7) is 3.54. The molecule has 0 saturated heterocycles. The lowest BCUT2D eigenvalue weighted by Crippen LogP contribution is -2.26. The second-order valence-electron chi connectivity index (χ2n) is 12.6. The number of ketones is 9. The van der Waals surface area contributed by atoms with E-state index in [0.717, 1.165) is 11.1 Å². The Morgan fingerprint density at radius 2 is 0.820 bits per heavy atom. The fourth-order valence-corrected chi connectivity index (χ4v) is 6.62. The van der Waals surface area contributed by atoms with Crippen molar-refractivity contribution in [3.63, 3.8) is 0 Å². The van der Waals surface area contributed by atoms with Crippen LogP contribution in [0.4, 0.5) is 0 Å². The average molecular weight is 667 g/mol. The van der Waals surface area contributed by atoms with E-state index in [1.807, 2.05) is 0 Å². The van der Waals surface area contributed by atoms with Gasteiger partial charge in [0.15, 0.2) is 52.0 Å². The summed E-state index contributed by atoms with van der Waals surface area (Å²) in [5.74, 6) is -8.67. The van der Waals surface area contributed by atoms with Crippen molar-refractivity contribution in [3.8, 4) is 0 Å². The summed E-state index contributed by atoms with van der Waals surface area (Å²) in [5.41, 5.74) is 2.22. The van der Waals surface area contributed by atoms with Gasteiger partial charge in [0.2, 0.25) is 0 Å². The van der Waals surface area contributed by atoms with Gasteiger partial charge < -0.3 is 0 Å². The summed E-state index contributed by atoms with van der Waals surface area (Å²) >= 11 is 0. The number of aryl methyl sites for hydroxylation is 2. The number of Topliss-reactive ketones (excluding diaryl/α,β-unsaturated/α-hetero) is 8. The molecule has 6 rings (SSSR count). The molecule has 0 saturated carbocycles. The van der Waals surface area contributed by atoms with Crippen molar-refractivity contribution in [3.05, 3.63) is 141 Å². The number of carbonyl (C=O) groups is 9. The highest BCUT2D eigenvalue weighted by Gasteiger charge is 2.45. The van der Waals surface area contributed by atoms with Crippen LogP contribution < -0.4 is 0 Å². The highest BCUT2D eigenvalue weighted by Crippen LogP contribution is 2.33. The van der Waals surface area contributed by atoms with Crippen molar-refractivity contribution < 1.29 is 43.2 Å². The normalized spacial score (nSPS) is 16.3. The van der Waals surface area contributed by atoms with Gasteiger partial charge in [-0.3, -0.25) is 43.2 Å². The minimum Gasteiger partial charge on any atom is -0.298 e. The Morgan fingerprint density at radius 3 is 1.20 bits per heavy atom. The number of carbonyl (C=O) groups excluding carboxylic acids is 9. The first-order valence-corrected chi connectivity index (χ1v) is 16.1. The fourth-order valence-electron chi connectivity index (χ4n) is 6.62. The minimum atomic E-state index is -1.61. The van der Waals surface area contributed by atoms with Gasteiger partial charge in [-0.1, -0.05) is 60.7 Å². The highest BCUT2D eigenvalue weighted by molar-refractivity contribution is 6.37. The molecule has 4 aromatic rings. The van der Waals surface area contributed by atoms with Crippen molar-refractivity contribution in [2.75, 3.05) is 0 Å². The molecule has 2 aliphatic rings. The molecular formula is C41H30O9. The third-order valence-electron chi connectivity index (χ3n) is 9.41. The van der Waals surface area contributed by atoms with Crippen molar-refractivity contribution in [1.29, 1.82) is 0 Å². The molecule has 4 aromatic carbocycles. The number of benzene rings is 4. The van der Waals surface area contributed by atoms with Crippen LogP contribution in [0.1, 0.15) is 115 Å². The van der Waals surface area contributed by atoms with Gasteiger partial charge in [0.05, 0.1) is 0 Å². The van der Waals surface area contributed by atoms with Gasteiger partial charge in [-0.05, 0) is 49.2 Å². The Balaban J connectivity index is 1.14.